The summed E-state index contributed by atoms with van der Waals surface area (Å²) in [5.74, 6) is 0.221. The third-order valence-corrected chi connectivity index (χ3v) is 3.34. The number of benzene rings is 1. The molecule has 0 aliphatic carbocycles. The van der Waals surface area contributed by atoms with Gasteiger partial charge in [0.1, 0.15) is 5.69 Å². The van der Waals surface area contributed by atoms with Gasteiger partial charge in [0.05, 0.1) is 0 Å². The van der Waals surface area contributed by atoms with E-state index in [4.69, 9.17) is 0 Å². The number of nitrogens with zero attached hydrogens (tertiary/aromatic N) is 2. The molecule has 0 unspecified atom stereocenters. The molecule has 0 saturated carbocycles. The molecule has 23 heavy (non-hydrogen) atoms. The normalized spacial score (nSPS) is 11.2. The summed E-state index contributed by atoms with van der Waals surface area (Å²) in [6.07, 6.45) is 0. The summed E-state index contributed by atoms with van der Waals surface area (Å²) in [7, 11) is 0. The molecule has 1 aromatic carbocycles. The second kappa shape index (κ2) is 6.36. The van der Waals surface area contributed by atoms with Crippen LogP contribution < -0.4 is 10.6 Å². The highest BCUT2D eigenvalue weighted by Crippen LogP contribution is 2.18. The second-order valence-electron chi connectivity index (χ2n) is 6.85. The fourth-order valence-electron chi connectivity index (χ4n) is 2.09. The Morgan fingerprint density at radius 3 is 2.30 bits per heavy atom. The number of amides is 1. The van der Waals surface area contributed by atoms with Crippen molar-refractivity contribution in [2.24, 2.45) is 0 Å². The number of carbonyl (C=O) groups is 1. The Hall–Kier alpha value is -2.43. The van der Waals surface area contributed by atoms with Crippen LogP contribution >= 0.6 is 0 Å². The molecule has 1 heterocycles. The highest BCUT2D eigenvalue weighted by Gasteiger charge is 2.17. The summed E-state index contributed by atoms with van der Waals surface area (Å²) >= 11 is 0. The molecule has 1 amide bonds. The fraction of sp³-hybridized carbons (Fsp3) is 0.389. The van der Waals surface area contributed by atoms with Crippen LogP contribution in [0.5, 0.6) is 0 Å². The number of rotatable bonds is 3. The largest absolute Gasteiger partial charge is 0.346 e. The van der Waals surface area contributed by atoms with E-state index in [9.17, 15) is 4.79 Å². The first kappa shape index (κ1) is 16.9. The third-order valence-electron chi connectivity index (χ3n) is 3.34. The van der Waals surface area contributed by atoms with Gasteiger partial charge in [0.15, 0.2) is 0 Å². The monoisotopic (exact) mass is 312 g/mol. The number of aromatic nitrogens is 2. The average molecular weight is 312 g/mol. The molecule has 0 spiro atoms. The third kappa shape index (κ3) is 4.77. The van der Waals surface area contributed by atoms with Gasteiger partial charge < -0.3 is 10.6 Å². The molecule has 0 aliphatic rings. The SMILES string of the molecule is Cc1cc(C(=O)NC(C)(C)C)nc(Nc2ccc(C)c(C)c2)n1. The Morgan fingerprint density at radius 1 is 1.00 bits per heavy atom. The summed E-state index contributed by atoms with van der Waals surface area (Å²) < 4.78 is 0. The van der Waals surface area contributed by atoms with Crippen LogP contribution in [0.2, 0.25) is 0 Å². The van der Waals surface area contributed by atoms with Crippen LogP contribution in [0, 0.1) is 20.8 Å². The molecule has 0 aliphatic heterocycles. The molecule has 2 aromatic rings. The van der Waals surface area contributed by atoms with E-state index in [0.717, 1.165) is 11.4 Å². The van der Waals surface area contributed by atoms with Crippen molar-refractivity contribution >= 4 is 17.5 Å². The first-order chi connectivity index (χ1) is 10.6. The van der Waals surface area contributed by atoms with Crippen LogP contribution in [-0.4, -0.2) is 21.4 Å². The van der Waals surface area contributed by atoms with Gasteiger partial charge >= 0.3 is 0 Å². The minimum atomic E-state index is -0.308. The van der Waals surface area contributed by atoms with E-state index < -0.39 is 0 Å². The van der Waals surface area contributed by atoms with Crippen LogP contribution in [-0.2, 0) is 0 Å². The van der Waals surface area contributed by atoms with Gasteiger partial charge in [-0.05, 0) is 70.9 Å². The molecule has 0 fully saturated rings. The van der Waals surface area contributed by atoms with Crippen molar-refractivity contribution in [3.8, 4) is 0 Å². The minimum absolute atomic E-state index is 0.203. The molecule has 122 valence electrons. The van der Waals surface area contributed by atoms with Gasteiger partial charge in [-0.25, -0.2) is 9.97 Å². The van der Waals surface area contributed by atoms with Crippen molar-refractivity contribution in [2.45, 2.75) is 47.1 Å². The van der Waals surface area contributed by atoms with E-state index >= 15 is 0 Å². The number of nitrogens with one attached hydrogen (secondary N) is 2. The van der Waals surface area contributed by atoms with Crippen molar-refractivity contribution in [1.29, 1.82) is 0 Å². The van der Waals surface area contributed by atoms with Crippen molar-refractivity contribution < 1.29 is 4.79 Å². The lowest BCUT2D eigenvalue weighted by Crippen LogP contribution is -2.41. The molecule has 0 saturated heterocycles. The standard InChI is InChI=1S/C18H24N4O/c1-11-7-8-14(9-12(11)2)20-17-19-13(3)10-15(21-17)16(23)22-18(4,5)6/h7-10H,1-6H3,(H,22,23)(H,19,20,21). The summed E-state index contributed by atoms with van der Waals surface area (Å²) in [5.41, 5.74) is 4.11. The number of carbonyl (C=O) groups excluding carboxylic acids is 1. The van der Waals surface area contributed by atoms with E-state index in [1.54, 1.807) is 6.07 Å². The van der Waals surface area contributed by atoms with Gasteiger partial charge in [-0.3, -0.25) is 4.79 Å². The van der Waals surface area contributed by atoms with E-state index in [1.807, 2.05) is 45.9 Å². The van der Waals surface area contributed by atoms with Crippen LogP contribution in [0.15, 0.2) is 24.3 Å². The lowest BCUT2D eigenvalue weighted by Gasteiger charge is -2.20. The summed E-state index contributed by atoms with van der Waals surface area (Å²) in [5, 5.41) is 6.08. The number of aryl methyl sites for hydroxylation is 3. The molecule has 2 N–H and O–H groups in total. The second-order valence-corrected chi connectivity index (χ2v) is 6.85. The van der Waals surface area contributed by atoms with E-state index in [1.165, 1.54) is 11.1 Å². The molecule has 0 atom stereocenters. The summed E-state index contributed by atoms with van der Waals surface area (Å²) in [6.45, 7) is 11.8. The van der Waals surface area contributed by atoms with Crippen LogP contribution in [0.25, 0.3) is 0 Å². The molecule has 1 aromatic heterocycles. The fourth-order valence-corrected chi connectivity index (χ4v) is 2.09. The molecule has 0 radical (unpaired) electrons. The van der Waals surface area contributed by atoms with E-state index in [-0.39, 0.29) is 11.4 Å². The maximum Gasteiger partial charge on any atom is 0.270 e. The zero-order valence-electron chi connectivity index (χ0n) is 14.6. The summed E-state index contributed by atoms with van der Waals surface area (Å²) in [4.78, 5) is 21.0. The van der Waals surface area contributed by atoms with Crippen LogP contribution in [0.1, 0.15) is 48.1 Å². The van der Waals surface area contributed by atoms with E-state index in [0.29, 0.717) is 11.6 Å². The number of anilines is 2. The van der Waals surface area contributed by atoms with Gasteiger partial charge in [0, 0.05) is 16.9 Å². The Bertz CT molecular complexity index is 732. The Balaban J connectivity index is 2.26. The predicted molar refractivity (Wildman–Crippen MR) is 93.2 cm³/mol. The Morgan fingerprint density at radius 2 is 1.70 bits per heavy atom. The summed E-state index contributed by atoms with van der Waals surface area (Å²) in [6, 6.07) is 7.74. The molecule has 5 nitrogen and oxygen atoms in total. The van der Waals surface area contributed by atoms with Crippen molar-refractivity contribution in [1.82, 2.24) is 15.3 Å². The average Bonchev–Trinajstić information content (AvgIpc) is 2.40. The van der Waals surface area contributed by atoms with Gasteiger partial charge in [-0.1, -0.05) is 6.07 Å². The van der Waals surface area contributed by atoms with Crippen LogP contribution in [0.3, 0.4) is 0 Å². The smallest absolute Gasteiger partial charge is 0.270 e. The molecular formula is C18H24N4O. The zero-order valence-corrected chi connectivity index (χ0v) is 14.6. The van der Waals surface area contributed by atoms with Crippen molar-refractivity contribution in [2.75, 3.05) is 5.32 Å². The Labute approximate surface area is 137 Å². The van der Waals surface area contributed by atoms with E-state index in [2.05, 4.69) is 34.4 Å². The first-order valence-corrected chi connectivity index (χ1v) is 7.66. The van der Waals surface area contributed by atoms with Gasteiger partial charge in [-0.2, -0.15) is 0 Å². The first-order valence-electron chi connectivity index (χ1n) is 7.66. The van der Waals surface area contributed by atoms with Crippen LogP contribution in [0.4, 0.5) is 11.6 Å². The molecule has 0 bridgehead atoms. The van der Waals surface area contributed by atoms with Gasteiger partial charge in [0.2, 0.25) is 5.95 Å². The molecule has 5 heteroatoms. The quantitative estimate of drug-likeness (QED) is 0.907. The van der Waals surface area contributed by atoms with Crippen molar-refractivity contribution in [3.63, 3.8) is 0 Å². The number of hydrogen-bond donors (Lipinski definition) is 2. The maximum atomic E-state index is 12.3. The minimum Gasteiger partial charge on any atom is -0.346 e. The van der Waals surface area contributed by atoms with Crippen molar-refractivity contribution in [3.05, 3.63) is 46.8 Å². The van der Waals surface area contributed by atoms with Gasteiger partial charge in [0.25, 0.3) is 5.91 Å². The predicted octanol–water partition coefficient (Wildman–Crippen LogP) is 3.67. The highest BCUT2D eigenvalue weighted by atomic mass is 16.2. The molecule has 2 rings (SSSR count). The van der Waals surface area contributed by atoms with Gasteiger partial charge in [-0.15, -0.1) is 0 Å². The molecular weight excluding hydrogens is 288 g/mol. The zero-order chi connectivity index (χ0) is 17.2. The maximum absolute atomic E-state index is 12.3. The topological polar surface area (TPSA) is 66.9 Å². The lowest BCUT2D eigenvalue weighted by molar-refractivity contribution is 0.0914. The number of hydrogen-bond acceptors (Lipinski definition) is 4. The Kier molecular flexibility index (Phi) is 4.68. The lowest BCUT2D eigenvalue weighted by atomic mass is 10.1. The highest BCUT2D eigenvalue weighted by molar-refractivity contribution is 5.93.